The molecule has 1 amide bonds. The van der Waals surface area contributed by atoms with Crippen molar-refractivity contribution in [1.82, 2.24) is 19.9 Å². The second kappa shape index (κ2) is 7.56. The summed E-state index contributed by atoms with van der Waals surface area (Å²) in [6.07, 6.45) is 1.54. The molecule has 0 aliphatic rings. The molecule has 29 heavy (non-hydrogen) atoms. The first-order valence-corrected chi connectivity index (χ1v) is 8.82. The van der Waals surface area contributed by atoms with Crippen LogP contribution in [0, 0.1) is 17.5 Å². The van der Waals surface area contributed by atoms with E-state index in [1.807, 2.05) is 0 Å². The van der Waals surface area contributed by atoms with Gasteiger partial charge >= 0.3 is 0 Å². The van der Waals surface area contributed by atoms with E-state index in [1.54, 1.807) is 0 Å². The second-order valence-electron chi connectivity index (χ2n) is 6.26. The summed E-state index contributed by atoms with van der Waals surface area (Å²) in [5.41, 5.74) is 1.52. The number of amides is 1. The number of carbonyl (C=O) groups is 1. The van der Waals surface area contributed by atoms with Gasteiger partial charge in [0.15, 0.2) is 11.5 Å². The lowest BCUT2D eigenvalue weighted by atomic mass is 10.2. The van der Waals surface area contributed by atoms with Crippen molar-refractivity contribution in [2.75, 3.05) is 0 Å². The molecule has 9 heteroatoms. The summed E-state index contributed by atoms with van der Waals surface area (Å²) in [5.74, 6) is -2.13. The average Bonchev–Trinajstić information content (AvgIpc) is 3.11. The van der Waals surface area contributed by atoms with E-state index in [0.717, 1.165) is 18.2 Å². The molecule has 0 aliphatic heterocycles. The Balaban J connectivity index is 1.56. The molecule has 0 fully saturated rings. The predicted molar refractivity (Wildman–Crippen MR) is 101 cm³/mol. The van der Waals surface area contributed by atoms with Crippen molar-refractivity contribution in [1.29, 1.82) is 0 Å². The molecule has 0 saturated heterocycles. The summed E-state index contributed by atoms with van der Waals surface area (Å²) in [6.45, 7) is 0.157. The van der Waals surface area contributed by atoms with Crippen molar-refractivity contribution in [3.63, 3.8) is 0 Å². The monoisotopic (exact) mass is 416 g/mol. The molecule has 2 heterocycles. The van der Waals surface area contributed by atoms with Gasteiger partial charge in [-0.2, -0.15) is 0 Å². The van der Waals surface area contributed by atoms with Gasteiger partial charge in [0.2, 0.25) is 0 Å². The second-order valence-corrected chi connectivity index (χ2v) is 6.66. The molecule has 0 atom stereocenters. The van der Waals surface area contributed by atoms with Gasteiger partial charge in [0, 0.05) is 29.9 Å². The summed E-state index contributed by atoms with van der Waals surface area (Å²) >= 11 is 5.73. The van der Waals surface area contributed by atoms with Crippen LogP contribution in [0.5, 0.6) is 0 Å². The zero-order valence-corrected chi connectivity index (χ0v) is 15.4. The normalized spacial score (nSPS) is 11.0. The number of nitrogens with one attached hydrogen (secondary N) is 1. The van der Waals surface area contributed by atoms with Crippen molar-refractivity contribution in [3.05, 3.63) is 88.3 Å². The number of aromatic nitrogens is 3. The maximum Gasteiger partial charge on any atom is 0.251 e. The SMILES string of the molecule is O=C(NCc1ccc(F)c(Cl)c1)c1ccn2c(-c3cc(F)cc(F)c3)nnc2c1. The Labute approximate surface area is 167 Å². The minimum absolute atomic E-state index is 0.0251. The number of pyridine rings is 1. The zero-order valence-electron chi connectivity index (χ0n) is 14.7. The number of nitrogens with zero attached hydrogens (tertiary/aromatic N) is 3. The number of rotatable bonds is 4. The highest BCUT2D eigenvalue weighted by molar-refractivity contribution is 6.30. The van der Waals surface area contributed by atoms with Gasteiger partial charge < -0.3 is 5.32 Å². The molecule has 1 N–H and O–H groups in total. The van der Waals surface area contributed by atoms with Crippen LogP contribution in [0.25, 0.3) is 17.0 Å². The molecule has 0 saturated carbocycles. The van der Waals surface area contributed by atoms with Crippen molar-refractivity contribution in [2.45, 2.75) is 6.54 Å². The summed E-state index contributed by atoms with van der Waals surface area (Å²) in [6, 6.07) is 10.3. The molecule has 0 spiro atoms. The Morgan fingerprint density at radius 2 is 1.76 bits per heavy atom. The summed E-state index contributed by atoms with van der Waals surface area (Å²) in [7, 11) is 0. The fourth-order valence-electron chi connectivity index (χ4n) is 2.85. The van der Waals surface area contributed by atoms with Crippen LogP contribution in [-0.4, -0.2) is 20.5 Å². The van der Waals surface area contributed by atoms with E-state index in [0.29, 0.717) is 16.8 Å². The topological polar surface area (TPSA) is 59.3 Å². The van der Waals surface area contributed by atoms with Crippen LogP contribution in [0.2, 0.25) is 5.02 Å². The lowest BCUT2D eigenvalue weighted by molar-refractivity contribution is 0.0951. The maximum atomic E-state index is 13.5. The van der Waals surface area contributed by atoms with Gasteiger partial charge in [-0.25, -0.2) is 13.2 Å². The van der Waals surface area contributed by atoms with Crippen molar-refractivity contribution in [2.24, 2.45) is 0 Å². The molecule has 5 nitrogen and oxygen atoms in total. The van der Waals surface area contributed by atoms with E-state index < -0.39 is 17.5 Å². The molecule has 4 rings (SSSR count). The van der Waals surface area contributed by atoms with Gasteiger partial charge in [-0.15, -0.1) is 10.2 Å². The van der Waals surface area contributed by atoms with Gasteiger partial charge in [0.1, 0.15) is 17.5 Å². The highest BCUT2D eigenvalue weighted by atomic mass is 35.5. The fraction of sp³-hybridized carbons (Fsp3) is 0.0500. The lowest BCUT2D eigenvalue weighted by Gasteiger charge is -2.07. The van der Waals surface area contributed by atoms with Crippen LogP contribution in [-0.2, 0) is 6.54 Å². The van der Waals surface area contributed by atoms with E-state index in [1.165, 1.54) is 40.9 Å². The van der Waals surface area contributed by atoms with Crippen molar-refractivity contribution >= 4 is 23.2 Å². The average molecular weight is 417 g/mol. The standard InChI is InChI=1S/C20H12ClF3N4O/c21-16-5-11(1-2-17(16)24)10-25-20(29)12-3-4-28-18(8-12)26-27-19(28)13-6-14(22)9-15(23)7-13/h1-9H,10H2,(H,25,29). The third-order valence-corrected chi connectivity index (χ3v) is 4.52. The first kappa shape index (κ1) is 18.9. The van der Waals surface area contributed by atoms with Gasteiger partial charge in [0.05, 0.1) is 5.02 Å². The molecular formula is C20H12ClF3N4O. The van der Waals surface area contributed by atoms with Crippen LogP contribution in [0.3, 0.4) is 0 Å². The molecule has 2 aromatic carbocycles. The highest BCUT2D eigenvalue weighted by Gasteiger charge is 2.13. The fourth-order valence-corrected chi connectivity index (χ4v) is 3.05. The number of hydrogen-bond donors (Lipinski definition) is 1. The van der Waals surface area contributed by atoms with Gasteiger partial charge in [-0.3, -0.25) is 9.20 Å². The Morgan fingerprint density at radius 1 is 1.00 bits per heavy atom. The van der Waals surface area contributed by atoms with Gasteiger partial charge in [-0.05, 0) is 42.0 Å². The maximum absolute atomic E-state index is 13.5. The van der Waals surface area contributed by atoms with E-state index in [2.05, 4.69) is 15.5 Å². The van der Waals surface area contributed by atoms with Crippen molar-refractivity contribution < 1.29 is 18.0 Å². The van der Waals surface area contributed by atoms with E-state index in [4.69, 9.17) is 11.6 Å². The number of carbonyl (C=O) groups excluding carboxylic acids is 1. The number of benzene rings is 2. The minimum atomic E-state index is -0.728. The summed E-state index contributed by atoms with van der Waals surface area (Å²) in [4.78, 5) is 12.4. The number of fused-ring (bicyclic) bond motifs is 1. The molecule has 0 bridgehead atoms. The molecule has 146 valence electrons. The minimum Gasteiger partial charge on any atom is -0.348 e. The Kier molecular flexibility index (Phi) is 4.94. The van der Waals surface area contributed by atoms with Crippen molar-refractivity contribution in [3.8, 4) is 11.4 Å². The van der Waals surface area contributed by atoms with Gasteiger partial charge in [-0.1, -0.05) is 17.7 Å². The molecule has 0 unspecified atom stereocenters. The van der Waals surface area contributed by atoms with E-state index in [9.17, 15) is 18.0 Å². The molecule has 0 aliphatic carbocycles. The van der Waals surface area contributed by atoms with Gasteiger partial charge in [0.25, 0.3) is 5.91 Å². The van der Waals surface area contributed by atoms with Crippen LogP contribution in [0.15, 0.2) is 54.7 Å². The predicted octanol–water partition coefficient (Wildman–Crippen LogP) is 4.40. The summed E-state index contributed by atoms with van der Waals surface area (Å²) < 4.78 is 41.7. The number of halogens is 4. The van der Waals surface area contributed by atoms with E-state index in [-0.39, 0.29) is 28.9 Å². The third-order valence-electron chi connectivity index (χ3n) is 4.23. The Morgan fingerprint density at radius 3 is 2.48 bits per heavy atom. The Hall–Kier alpha value is -3.39. The van der Waals surface area contributed by atoms with Crippen LogP contribution >= 0.6 is 11.6 Å². The first-order valence-electron chi connectivity index (χ1n) is 8.44. The zero-order chi connectivity index (χ0) is 20.5. The molecule has 0 radical (unpaired) electrons. The van der Waals surface area contributed by atoms with Crippen LogP contribution in [0.1, 0.15) is 15.9 Å². The Bertz CT molecular complexity index is 1220. The van der Waals surface area contributed by atoms with Crippen LogP contribution < -0.4 is 5.32 Å². The third kappa shape index (κ3) is 3.93. The quantitative estimate of drug-likeness (QED) is 0.536. The number of hydrogen-bond acceptors (Lipinski definition) is 3. The smallest absolute Gasteiger partial charge is 0.251 e. The van der Waals surface area contributed by atoms with Crippen LogP contribution in [0.4, 0.5) is 13.2 Å². The molecule has 2 aromatic heterocycles. The molecular weight excluding hydrogens is 405 g/mol. The largest absolute Gasteiger partial charge is 0.348 e. The first-order chi connectivity index (χ1) is 13.9. The highest BCUT2D eigenvalue weighted by Crippen LogP contribution is 2.21. The lowest BCUT2D eigenvalue weighted by Crippen LogP contribution is -2.22. The van der Waals surface area contributed by atoms with E-state index >= 15 is 0 Å². The summed E-state index contributed by atoms with van der Waals surface area (Å²) in [5, 5.41) is 10.6. The molecule has 4 aromatic rings.